The molecule has 1 atom stereocenters. The number of benzene rings is 2. The second kappa shape index (κ2) is 8.19. The SMILES string of the molecule is Cc1cc(OCNC(=O)NCC2COc3ccccc3O2)cc(C)c1Cl. The van der Waals surface area contributed by atoms with Crippen LogP contribution in [0.3, 0.4) is 0 Å². The summed E-state index contributed by atoms with van der Waals surface area (Å²) in [5.74, 6) is 2.06. The van der Waals surface area contributed by atoms with E-state index in [0.29, 0.717) is 24.7 Å². The van der Waals surface area contributed by atoms with Crippen LogP contribution in [0.1, 0.15) is 11.1 Å². The number of carbonyl (C=O) groups is 1. The fraction of sp³-hybridized carbons (Fsp3) is 0.316. The number of carbonyl (C=O) groups excluding carboxylic acids is 1. The molecule has 2 amide bonds. The molecule has 0 fully saturated rings. The Morgan fingerprint density at radius 3 is 2.62 bits per heavy atom. The quantitative estimate of drug-likeness (QED) is 0.784. The number of nitrogens with one attached hydrogen (secondary N) is 2. The van der Waals surface area contributed by atoms with Crippen LogP contribution in [0, 0.1) is 13.8 Å². The molecule has 26 heavy (non-hydrogen) atoms. The number of urea groups is 1. The maximum Gasteiger partial charge on any atom is 0.317 e. The van der Waals surface area contributed by atoms with Gasteiger partial charge in [0.05, 0.1) is 6.54 Å². The zero-order valence-corrected chi connectivity index (χ0v) is 15.4. The Hall–Kier alpha value is -2.60. The molecule has 2 N–H and O–H groups in total. The van der Waals surface area contributed by atoms with Crippen molar-refractivity contribution in [1.29, 1.82) is 0 Å². The molecule has 0 saturated carbocycles. The van der Waals surface area contributed by atoms with E-state index >= 15 is 0 Å². The van der Waals surface area contributed by atoms with E-state index in [1.807, 2.05) is 50.2 Å². The van der Waals surface area contributed by atoms with E-state index in [1.165, 1.54) is 0 Å². The van der Waals surface area contributed by atoms with Crippen LogP contribution >= 0.6 is 11.6 Å². The molecule has 0 aromatic heterocycles. The van der Waals surface area contributed by atoms with Crippen molar-refractivity contribution in [2.45, 2.75) is 20.0 Å². The molecule has 6 nitrogen and oxygen atoms in total. The lowest BCUT2D eigenvalue weighted by Crippen LogP contribution is -2.45. The maximum atomic E-state index is 11.9. The van der Waals surface area contributed by atoms with Crippen molar-refractivity contribution in [1.82, 2.24) is 10.6 Å². The van der Waals surface area contributed by atoms with Gasteiger partial charge < -0.3 is 24.8 Å². The number of rotatable bonds is 5. The molecular weight excluding hydrogens is 356 g/mol. The van der Waals surface area contributed by atoms with Crippen molar-refractivity contribution in [2.24, 2.45) is 0 Å². The Balaban J connectivity index is 1.40. The maximum absolute atomic E-state index is 11.9. The molecule has 7 heteroatoms. The fourth-order valence-corrected chi connectivity index (χ4v) is 2.72. The average Bonchev–Trinajstić information content (AvgIpc) is 2.64. The van der Waals surface area contributed by atoms with Gasteiger partial charge in [-0.2, -0.15) is 0 Å². The molecule has 1 heterocycles. The Kier molecular flexibility index (Phi) is 5.73. The molecule has 0 spiro atoms. The molecule has 0 bridgehead atoms. The zero-order chi connectivity index (χ0) is 18.5. The molecule has 1 aliphatic rings. The van der Waals surface area contributed by atoms with Gasteiger partial charge in [-0.1, -0.05) is 23.7 Å². The van der Waals surface area contributed by atoms with Gasteiger partial charge in [0.1, 0.15) is 12.4 Å². The van der Waals surface area contributed by atoms with Crippen LogP contribution in [-0.4, -0.2) is 32.0 Å². The van der Waals surface area contributed by atoms with Gasteiger partial charge in [-0.15, -0.1) is 0 Å². The van der Waals surface area contributed by atoms with E-state index in [4.69, 9.17) is 25.8 Å². The fourth-order valence-electron chi connectivity index (χ4n) is 2.61. The van der Waals surface area contributed by atoms with Crippen molar-refractivity contribution in [3.8, 4) is 17.2 Å². The van der Waals surface area contributed by atoms with Gasteiger partial charge in [0.25, 0.3) is 0 Å². The molecule has 1 aliphatic heterocycles. The van der Waals surface area contributed by atoms with E-state index in [-0.39, 0.29) is 18.9 Å². The van der Waals surface area contributed by atoms with E-state index in [9.17, 15) is 4.79 Å². The van der Waals surface area contributed by atoms with Crippen LogP contribution in [0.4, 0.5) is 4.79 Å². The summed E-state index contributed by atoms with van der Waals surface area (Å²) >= 11 is 6.12. The zero-order valence-electron chi connectivity index (χ0n) is 14.7. The van der Waals surface area contributed by atoms with Crippen molar-refractivity contribution in [2.75, 3.05) is 19.9 Å². The number of amides is 2. The monoisotopic (exact) mass is 376 g/mol. The van der Waals surface area contributed by atoms with Crippen LogP contribution in [0.2, 0.25) is 5.02 Å². The highest BCUT2D eigenvalue weighted by atomic mass is 35.5. The Labute approximate surface area is 157 Å². The van der Waals surface area contributed by atoms with Crippen LogP contribution < -0.4 is 24.8 Å². The number of ether oxygens (including phenoxy) is 3. The highest BCUT2D eigenvalue weighted by Gasteiger charge is 2.20. The molecule has 0 aliphatic carbocycles. The van der Waals surface area contributed by atoms with Crippen LogP contribution in [0.25, 0.3) is 0 Å². The molecule has 1 unspecified atom stereocenters. The Morgan fingerprint density at radius 1 is 1.19 bits per heavy atom. The number of hydrogen-bond donors (Lipinski definition) is 2. The minimum atomic E-state index is -0.338. The van der Waals surface area contributed by atoms with Gasteiger partial charge in [0.15, 0.2) is 24.3 Å². The number of para-hydroxylation sites is 2. The lowest BCUT2D eigenvalue weighted by molar-refractivity contribution is 0.0915. The summed E-state index contributed by atoms with van der Waals surface area (Å²) in [6.07, 6.45) is -0.238. The second-order valence-electron chi connectivity index (χ2n) is 6.04. The summed E-state index contributed by atoms with van der Waals surface area (Å²) in [7, 11) is 0. The van der Waals surface area contributed by atoms with E-state index in [1.54, 1.807) is 0 Å². The predicted molar refractivity (Wildman–Crippen MR) is 99.3 cm³/mol. The third kappa shape index (κ3) is 4.52. The first-order valence-electron chi connectivity index (χ1n) is 8.32. The third-order valence-electron chi connectivity index (χ3n) is 3.94. The van der Waals surface area contributed by atoms with Crippen LogP contribution in [-0.2, 0) is 0 Å². The molecule has 0 saturated heterocycles. The summed E-state index contributed by atoms with van der Waals surface area (Å²) in [6.45, 7) is 4.59. The Bertz CT molecular complexity index is 774. The molecule has 2 aromatic carbocycles. The minimum Gasteiger partial charge on any atom is -0.486 e. The molecule has 0 radical (unpaired) electrons. The topological polar surface area (TPSA) is 68.8 Å². The standard InChI is InChI=1S/C19H21ClN2O4/c1-12-7-14(8-13(2)18(12)20)25-11-22-19(23)21-9-15-10-24-16-5-3-4-6-17(16)26-15/h3-8,15H,9-11H2,1-2H3,(H2,21,22,23). The van der Waals surface area contributed by atoms with Crippen molar-refractivity contribution >= 4 is 17.6 Å². The lowest BCUT2D eigenvalue weighted by atomic mass is 10.1. The summed E-state index contributed by atoms with van der Waals surface area (Å²) in [4.78, 5) is 11.9. The van der Waals surface area contributed by atoms with E-state index in [2.05, 4.69) is 10.6 Å². The number of aryl methyl sites for hydroxylation is 2. The number of fused-ring (bicyclic) bond motifs is 1. The van der Waals surface area contributed by atoms with Crippen molar-refractivity contribution < 1.29 is 19.0 Å². The largest absolute Gasteiger partial charge is 0.486 e. The van der Waals surface area contributed by atoms with Gasteiger partial charge in [-0.25, -0.2) is 4.79 Å². The van der Waals surface area contributed by atoms with Crippen LogP contribution in [0.5, 0.6) is 17.2 Å². The molecular formula is C19H21ClN2O4. The predicted octanol–water partition coefficient (Wildman–Crippen LogP) is 3.43. The third-order valence-corrected chi connectivity index (χ3v) is 4.54. The van der Waals surface area contributed by atoms with Gasteiger partial charge >= 0.3 is 6.03 Å². The average molecular weight is 377 g/mol. The normalized spacial score (nSPS) is 15.3. The summed E-state index contributed by atoms with van der Waals surface area (Å²) < 4.78 is 16.9. The molecule has 3 rings (SSSR count). The second-order valence-corrected chi connectivity index (χ2v) is 6.42. The first-order valence-corrected chi connectivity index (χ1v) is 8.70. The van der Waals surface area contributed by atoms with Gasteiger partial charge in [0, 0.05) is 5.02 Å². The summed E-state index contributed by atoms with van der Waals surface area (Å²) in [5, 5.41) is 6.11. The highest BCUT2D eigenvalue weighted by Crippen LogP contribution is 2.30. The van der Waals surface area contributed by atoms with E-state index in [0.717, 1.165) is 21.9 Å². The van der Waals surface area contributed by atoms with Crippen molar-refractivity contribution in [3.63, 3.8) is 0 Å². The molecule has 138 valence electrons. The van der Waals surface area contributed by atoms with Gasteiger partial charge in [-0.05, 0) is 49.2 Å². The summed E-state index contributed by atoms with van der Waals surface area (Å²) in [5.41, 5.74) is 1.86. The van der Waals surface area contributed by atoms with Crippen LogP contribution in [0.15, 0.2) is 36.4 Å². The minimum absolute atomic E-state index is 0.0528. The number of halogens is 1. The summed E-state index contributed by atoms with van der Waals surface area (Å²) in [6, 6.07) is 10.8. The first-order chi connectivity index (χ1) is 12.5. The van der Waals surface area contributed by atoms with Crippen molar-refractivity contribution in [3.05, 3.63) is 52.5 Å². The first kappa shape index (κ1) is 18.2. The lowest BCUT2D eigenvalue weighted by Gasteiger charge is -2.26. The highest BCUT2D eigenvalue weighted by molar-refractivity contribution is 6.32. The Morgan fingerprint density at radius 2 is 1.88 bits per heavy atom. The van der Waals surface area contributed by atoms with E-state index < -0.39 is 0 Å². The molecule has 2 aromatic rings. The smallest absolute Gasteiger partial charge is 0.317 e. The number of hydrogen-bond acceptors (Lipinski definition) is 4. The van der Waals surface area contributed by atoms with Gasteiger partial charge in [0.2, 0.25) is 0 Å². The van der Waals surface area contributed by atoms with Gasteiger partial charge in [-0.3, -0.25) is 0 Å².